The second-order valence-corrected chi connectivity index (χ2v) is 3.08. The highest BCUT2D eigenvalue weighted by molar-refractivity contribution is 5.30. The molecule has 0 atom stereocenters. The minimum Gasteiger partial charge on any atom is -0.257 e. The van der Waals surface area contributed by atoms with Crippen molar-refractivity contribution >= 4 is 0 Å². The van der Waals surface area contributed by atoms with Crippen molar-refractivity contribution < 1.29 is 8.78 Å². The Balaban J connectivity index is 0.000000921. The van der Waals surface area contributed by atoms with E-state index in [9.17, 15) is 8.78 Å². The lowest BCUT2D eigenvalue weighted by atomic mass is 10.1. The molecule has 1 aromatic rings. The van der Waals surface area contributed by atoms with Gasteiger partial charge in [0.25, 0.3) is 6.43 Å². The first-order valence-electron chi connectivity index (χ1n) is 5.31. The van der Waals surface area contributed by atoms with Gasteiger partial charge in [-0.05, 0) is 31.9 Å². The Labute approximate surface area is 90.5 Å². The molecule has 0 saturated carbocycles. The molecule has 0 radical (unpaired) electrons. The van der Waals surface area contributed by atoms with Crippen molar-refractivity contribution in [1.29, 1.82) is 0 Å². The minimum absolute atomic E-state index is 0.0506. The molecule has 0 bridgehead atoms. The number of hydrogen-bond donors (Lipinski definition) is 0. The molecule has 0 aliphatic heterocycles. The van der Waals surface area contributed by atoms with Crippen molar-refractivity contribution in [2.75, 3.05) is 0 Å². The molecule has 0 aliphatic carbocycles. The molecule has 0 aliphatic rings. The second-order valence-electron chi connectivity index (χ2n) is 3.08. The van der Waals surface area contributed by atoms with Gasteiger partial charge >= 0.3 is 0 Å². The average Bonchev–Trinajstić information content (AvgIpc) is 2.23. The van der Waals surface area contributed by atoms with Crippen molar-refractivity contribution in [2.24, 2.45) is 0 Å². The molecule has 1 heterocycles. The first-order valence-corrected chi connectivity index (χ1v) is 5.31. The van der Waals surface area contributed by atoms with Crippen LogP contribution in [0.3, 0.4) is 0 Å². The Hall–Kier alpha value is -0.990. The van der Waals surface area contributed by atoms with E-state index in [0.717, 1.165) is 17.7 Å². The van der Waals surface area contributed by atoms with Gasteiger partial charge in [-0.3, -0.25) is 4.98 Å². The molecule has 0 aromatic carbocycles. The number of pyridine rings is 1. The Morgan fingerprint density at radius 3 is 2.20 bits per heavy atom. The fourth-order valence-corrected chi connectivity index (χ4v) is 1.35. The maximum absolute atomic E-state index is 12.4. The van der Waals surface area contributed by atoms with Gasteiger partial charge in [0.2, 0.25) is 0 Å². The van der Waals surface area contributed by atoms with Crippen LogP contribution in [-0.4, -0.2) is 4.98 Å². The summed E-state index contributed by atoms with van der Waals surface area (Å²) in [5.41, 5.74) is 2.25. The SMILES string of the molecule is CC.CCc1nc(C)c(C(F)F)cc1C. The zero-order valence-corrected chi connectivity index (χ0v) is 10.1. The van der Waals surface area contributed by atoms with Gasteiger partial charge in [-0.15, -0.1) is 0 Å². The normalized spacial score (nSPS) is 9.87. The maximum atomic E-state index is 12.4. The highest BCUT2D eigenvalue weighted by Gasteiger charge is 2.13. The molecule has 0 fully saturated rings. The summed E-state index contributed by atoms with van der Waals surface area (Å²) in [5.74, 6) is 0. The molecular formula is C12H19F2N. The monoisotopic (exact) mass is 215 g/mol. The lowest BCUT2D eigenvalue weighted by Gasteiger charge is -2.08. The van der Waals surface area contributed by atoms with Crippen LogP contribution in [0.1, 0.15) is 49.7 Å². The molecule has 0 amide bonds. The summed E-state index contributed by atoms with van der Waals surface area (Å²) in [6.07, 6.45) is -1.63. The summed E-state index contributed by atoms with van der Waals surface area (Å²) < 4.78 is 24.8. The van der Waals surface area contributed by atoms with Crippen LogP contribution >= 0.6 is 0 Å². The van der Waals surface area contributed by atoms with Crippen LogP contribution in [0.25, 0.3) is 0 Å². The number of aryl methyl sites for hydroxylation is 3. The molecule has 3 heteroatoms. The van der Waals surface area contributed by atoms with Crippen LogP contribution < -0.4 is 0 Å². The van der Waals surface area contributed by atoms with Gasteiger partial charge in [0.1, 0.15) is 0 Å². The van der Waals surface area contributed by atoms with Crippen molar-refractivity contribution in [1.82, 2.24) is 4.98 Å². The van der Waals surface area contributed by atoms with Crippen molar-refractivity contribution in [3.8, 4) is 0 Å². The number of nitrogens with zero attached hydrogens (tertiary/aromatic N) is 1. The molecule has 0 saturated heterocycles. The van der Waals surface area contributed by atoms with Gasteiger partial charge in [0.15, 0.2) is 0 Å². The van der Waals surface area contributed by atoms with Crippen LogP contribution in [0.5, 0.6) is 0 Å². The summed E-state index contributed by atoms with van der Waals surface area (Å²) >= 11 is 0. The molecule has 15 heavy (non-hydrogen) atoms. The molecule has 0 unspecified atom stereocenters. The number of halogens is 2. The Bertz CT molecular complexity index is 309. The fourth-order valence-electron chi connectivity index (χ4n) is 1.35. The molecule has 1 nitrogen and oxygen atoms in total. The van der Waals surface area contributed by atoms with Crippen molar-refractivity contribution in [3.63, 3.8) is 0 Å². The first kappa shape index (κ1) is 14.0. The van der Waals surface area contributed by atoms with E-state index in [1.807, 2.05) is 27.7 Å². The van der Waals surface area contributed by atoms with E-state index in [-0.39, 0.29) is 5.56 Å². The third-order valence-electron chi connectivity index (χ3n) is 2.12. The molecule has 0 N–H and O–H groups in total. The summed E-state index contributed by atoms with van der Waals surface area (Å²) in [7, 11) is 0. The largest absolute Gasteiger partial charge is 0.265 e. The van der Waals surface area contributed by atoms with Crippen LogP contribution in [0.4, 0.5) is 8.78 Å². The minimum atomic E-state index is -2.42. The first-order chi connectivity index (χ1) is 7.06. The lowest BCUT2D eigenvalue weighted by molar-refractivity contribution is 0.150. The summed E-state index contributed by atoms with van der Waals surface area (Å²) in [6.45, 7) is 9.41. The fraction of sp³-hybridized carbons (Fsp3) is 0.583. The smallest absolute Gasteiger partial charge is 0.257 e. The van der Waals surface area contributed by atoms with Gasteiger partial charge in [0.05, 0.1) is 0 Å². The Morgan fingerprint density at radius 2 is 1.80 bits per heavy atom. The van der Waals surface area contributed by atoms with Gasteiger partial charge < -0.3 is 0 Å². The number of alkyl halides is 2. The van der Waals surface area contributed by atoms with E-state index < -0.39 is 6.43 Å². The van der Waals surface area contributed by atoms with E-state index >= 15 is 0 Å². The summed E-state index contributed by atoms with van der Waals surface area (Å²) in [4.78, 5) is 4.13. The highest BCUT2D eigenvalue weighted by atomic mass is 19.3. The molecular weight excluding hydrogens is 196 g/mol. The summed E-state index contributed by atoms with van der Waals surface area (Å²) in [5, 5.41) is 0. The van der Waals surface area contributed by atoms with Crippen LogP contribution in [0.15, 0.2) is 6.07 Å². The predicted molar refractivity (Wildman–Crippen MR) is 59.4 cm³/mol. The third-order valence-corrected chi connectivity index (χ3v) is 2.12. The zero-order chi connectivity index (χ0) is 12.0. The van der Waals surface area contributed by atoms with Crippen molar-refractivity contribution in [3.05, 3.63) is 28.6 Å². The third kappa shape index (κ3) is 3.57. The zero-order valence-electron chi connectivity index (χ0n) is 10.1. The van der Waals surface area contributed by atoms with E-state index in [1.165, 1.54) is 6.07 Å². The Morgan fingerprint density at radius 1 is 1.27 bits per heavy atom. The van der Waals surface area contributed by atoms with Gasteiger partial charge in [-0.1, -0.05) is 20.8 Å². The molecule has 1 aromatic heterocycles. The molecule has 1 rings (SSSR count). The Kier molecular flexibility index (Phi) is 6.06. The molecule has 86 valence electrons. The average molecular weight is 215 g/mol. The van der Waals surface area contributed by atoms with Crippen LogP contribution in [0, 0.1) is 13.8 Å². The lowest BCUT2D eigenvalue weighted by Crippen LogP contribution is -2.00. The topological polar surface area (TPSA) is 12.9 Å². The van der Waals surface area contributed by atoms with Crippen molar-refractivity contribution in [2.45, 2.75) is 47.5 Å². The quantitative estimate of drug-likeness (QED) is 0.719. The maximum Gasteiger partial charge on any atom is 0.265 e. The van der Waals surface area contributed by atoms with E-state index in [4.69, 9.17) is 0 Å². The standard InChI is InChI=1S/C10H13F2N.C2H6/c1-4-9-6(2)5-8(10(11)12)7(3)13-9;1-2/h5,10H,4H2,1-3H3;1-2H3. The number of rotatable bonds is 2. The predicted octanol–water partition coefficient (Wildman–Crippen LogP) is 4.22. The van der Waals surface area contributed by atoms with E-state index in [2.05, 4.69) is 4.98 Å². The summed E-state index contributed by atoms with van der Waals surface area (Å²) in [6, 6.07) is 1.53. The second kappa shape index (κ2) is 6.49. The van der Waals surface area contributed by atoms with Gasteiger partial charge in [0, 0.05) is 17.0 Å². The number of aromatic nitrogens is 1. The van der Waals surface area contributed by atoms with Crippen LogP contribution in [-0.2, 0) is 6.42 Å². The van der Waals surface area contributed by atoms with E-state index in [0.29, 0.717) is 5.69 Å². The molecule has 0 spiro atoms. The van der Waals surface area contributed by atoms with Gasteiger partial charge in [-0.2, -0.15) is 0 Å². The van der Waals surface area contributed by atoms with Crippen LogP contribution in [0.2, 0.25) is 0 Å². The van der Waals surface area contributed by atoms with Gasteiger partial charge in [-0.25, -0.2) is 8.78 Å². The van der Waals surface area contributed by atoms with E-state index in [1.54, 1.807) is 6.92 Å². The number of hydrogen-bond acceptors (Lipinski definition) is 1. The highest BCUT2D eigenvalue weighted by Crippen LogP contribution is 2.23.